The van der Waals surface area contributed by atoms with Gasteiger partial charge in [0, 0.05) is 37.3 Å². The van der Waals surface area contributed by atoms with Crippen molar-refractivity contribution in [3.8, 4) is 0 Å². The fourth-order valence-electron chi connectivity index (χ4n) is 2.70. The lowest BCUT2D eigenvalue weighted by Gasteiger charge is -2.22. The molecule has 22 heavy (non-hydrogen) atoms. The summed E-state index contributed by atoms with van der Waals surface area (Å²) in [7, 11) is 1.89. The molecule has 0 bridgehead atoms. The van der Waals surface area contributed by atoms with E-state index in [4.69, 9.17) is 0 Å². The first-order valence-corrected chi connectivity index (χ1v) is 9.31. The summed E-state index contributed by atoms with van der Waals surface area (Å²) in [5.41, 5.74) is 0. The van der Waals surface area contributed by atoms with Gasteiger partial charge < -0.3 is 10.2 Å². The van der Waals surface area contributed by atoms with Gasteiger partial charge in [-0.3, -0.25) is 4.99 Å². The number of hydrogen-bond acceptors (Lipinski definition) is 2. The van der Waals surface area contributed by atoms with Crippen LogP contribution in [0.5, 0.6) is 0 Å². The van der Waals surface area contributed by atoms with Crippen LogP contribution in [0, 0.1) is 11.8 Å². The Kier molecular flexibility index (Phi) is 7.10. The number of rotatable bonds is 6. The molecule has 0 radical (unpaired) electrons. The van der Waals surface area contributed by atoms with Gasteiger partial charge in [-0.1, -0.05) is 32.0 Å². The lowest BCUT2D eigenvalue weighted by molar-refractivity contribution is 0.467. The molecule has 1 heterocycles. The third-order valence-corrected chi connectivity index (χ3v) is 5.27. The molecular formula is C18H29N3S. The van der Waals surface area contributed by atoms with E-state index in [0.717, 1.165) is 37.4 Å². The predicted molar refractivity (Wildman–Crippen MR) is 97.7 cm³/mol. The summed E-state index contributed by atoms with van der Waals surface area (Å²) in [5, 5.41) is 3.51. The molecule has 0 amide bonds. The zero-order chi connectivity index (χ0) is 15.8. The van der Waals surface area contributed by atoms with Crippen molar-refractivity contribution in [3.63, 3.8) is 0 Å². The lowest BCUT2D eigenvalue weighted by atomic mass is 10.1. The zero-order valence-corrected chi connectivity index (χ0v) is 14.9. The highest BCUT2D eigenvalue weighted by Gasteiger charge is 2.24. The molecule has 0 saturated carbocycles. The summed E-state index contributed by atoms with van der Waals surface area (Å²) in [6, 6.07) is 10.7. The van der Waals surface area contributed by atoms with Crippen molar-refractivity contribution in [2.75, 3.05) is 32.4 Å². The average molecular weight is 320 g/mol. The maximum atomic E-state index is 4.44. The van der Waals surface area contributed by atoms with Gasteiger partial charge in [0.1, 0.15) is 0 Å². The molecule has 1 aliphatic heterocycles. The third kappa shape index (κ3) is 5.56. The van der Waals surface area contributed by atoms with Gasteiger partial charge in [0.15, 0.2) is 5.96 Å². The molecule has 3 nitrogen and oxygen atoms in total. The first kappa shape index (κ1) is 17.2. The van der Waals surface area contributed by atoms with Gasteiger partial charge in [-0.05, 0) is 36.8 Å². The zero-order valence-electron chi connectivity index (χ0n) is 14.1. The molecule has 122 valence electrons. The van der Waals surface area contributed by atoms with Crippen LogP contribution in [-0.2, 0) is 0 Å². The summed E-state index contributed by atoms with van der Waals surface area (Å²) < 4.78 is 0. The van der Waals surface area contributed by atoms with E-state index in [1.54, 1.807) is 0 Å². The van der Waals surface area contributed by atoms with Crippen LogP contribution in [0.1, 0.15) is 26.7 Å². The SMILES string of the molecule is CN=C(NCCC(C)C)N1CCC(CSc2ccccc2)C1. The second-order valence-corrected chi connectivity index (χ2v) is 7.47. The number of nitrogens with one attached hydrogen (secondary N) is 1. The normalized spacial score (nSPS) is 19.0. The number of hydrogen-bond donors (Lipinski definition) is 1. The minimum Gasteiger partial charge on any atom is -0.356 e. The maximum absolute atomic E-state index is 4.44. The van der Waals surface area contributed by atoms with Crippen molar-refractivity contribution in [2.45, 2.75) is 31.6 Å². The van der Waals surface area contributed by atoms with E-state index < -0.39 is 0 Å². The third-order valence-electron chi connectivity index (χ3n) is 4.03. The van der Waals surface area contributed by atoms with Gasteiger partial charge in [0.05, 0.1) is 0 Å². The Bertz CT molecular complexity index is 459. The second-order valence-electron chi connectivity index (χ2n) is 6.38. The van der Waals surface area contributed by atoms with Crippen molar-refractivity contribution in [2.24, 2.45) is 16.8 Å². The average Bonchev–Trinajstić information content (AvgIpc) is 2.99. The topological polar surface area (TPSA) is 27.6 Å². The van der Waals surface area contributed by atoms with E-state index in [1.807, 2.05) is 18.8 Å². The van der Waals surface area contributed by atoms with Crippen LogP contribution < -0.4 is 5.32 Å². The monoisotopic (exact) mass is 319 g/mol. The number of nitrogens with zero attached hydrogens (tertiary/aromatic N) is 2. The quantitative estimate of drug-likeness (QED) is 0.492. The first-order chi connectivity index (χ1) is 10.7. The second kappa shape index (κ2) is 9.09. The standard InChI is InChI=1S/C18H29N3S/c1-15(2)9-11-20-18(19-3)21-12-10-16(13-21)14-22-17-7-5-4-6-8-17/h4-8,15-16H,9-14H2,1-3H3,(H,19,20). The molecule has 2 rings (SSSR count). The highest BCUT2D eigenvalue weighted by Crippen LogP contribution is 2.25. The Morgan fingerprint density at radius 2 is 2.14 bits per heavy atom. The number of likely N-dealkylation sites (tertiary alicyclic amines) is 1. The summed E-state index contributed by atoms with van der Waals surface area (Å²) in [4.78, 5) is 8.23. The summed E-state index contributed by atoms with van der Waals surface area (Å²) in [5.74, 6) is 3.77. The van der Waals surface area contributed by atoms with Crippen LogP contribution in [0.15, 0.2) is 40.2 Å². The smallest absolute Gasteiger partial charge is 0.193 e. The van der Waals surface area contributed by atoms with E-state index in [-0.39, 0.29) is 0 Å². The van der Waals surface area contributed by atoms with Crippen molar-refractivity contribution in [3.05, 3.63) is 30.3 Å². The summed E-state index contributed by atoms with van der Waals surface area (Å²) in [6.07, 6.45) is 2.46. The van der Waals surface area contributed by atoms with Crippen LogP contribution in [0.4, 0.5) is 0 Å². The Labute approximate surface area is 139 Å². The van der Waals surface area contributed by atoms with Gasteiger partial charge in [-0.25, -0.2) is 0 Å². The summed E-state index contributed by atoms with van der Waals surface area (Å²) in [6.45, 7) is 7.79. The predicted octanol–water partition coefficient (Wildman–Crippen LogP) is 3.72. The molecule has 1 N–H and O–H groups in total. The lowest BCUT2D eigenvalue weighted by Crippen LogP contribution is -2.40. The molecule has 0 aliphatic carbocycles. The van der Waals surface area contributed by atoms with Gasteiger partial charge in [-0.15, -0.1) is 11.8 Å². The van der Waals surface area contributed by atoms with E-state index in [2.05, 4.69) is 59.4 Å². The number of guanidine groups is 1. The molecule has 4 heteroatoms. The molecule has 1 atom stereocenters. The van der Waals surface area contributed by atoms with Gasteiger partial charge in [-0.2, -0.15) is 0 Å². The molecule has 1 saturated heterocycles. The van der Waals surface area contributed by atoms with E-state index in [9.17, 15) is 0 Å². The summed E-state index contributed by atoms with van der Waals surface area (Å²) >= 11 is 1.97. The maximum Gasteiger partial charge on any atom is 0.193 e. The number of benzene rings is 1. The molecule has 1 aliphatic rings. The van der Waals surface area contributed by atoms with E-state index in [1.165, 1.54) is 23.5 Å². The first-order valence-electron chi connectivity index (χ1n) is 8.32. The molecule has 1 aromatic carbocycles. The van der Waals surface area contributed by atoms with E-state index >= 15 is 0 Å². The van der Waals surface area contributed by atoms with Crippen LogP contribution in [-0.4, -0.2) is 43.3 Å². The number of thioether (sulfide) groups is 1. The molecule has 1 unspecified atom stereocenters. The van der Waals surface area contributed by atoms with Crippen LogP contribution >= 0.6 is 11.8 Å². The van der Waals surface area contributed by atoms with E-state index in [0.29, 0.717) is 0 Å². The Hall–Kier alpha value is -1.16. The molecule has 1 aromatic rings. The molecule has 0 spiro atoms. The fraction of sp³-hybridized carbons (Fsp3) is 0.611. The number of aliphatic imine (C=N–C) groups is 1. The largest absolute Gasteiger partial charge is 0.356 e. The minimum atomic E-state index is 0.735. The van der Waals surface area contributed by atoms with Crippen LogP contribution in [0.2, 0.25) is 0 Å². The van der Waals surface area contributed by atoms with Gasteiger partial charge in [0.25, 0.3) is 0 Å². The molecular weight excluding hydrogens is 290 g/mol. The Morgan fingerprint density at radius 1 is 1.36 bits per heavy atom. The van der Waals surface area contributed by atoms with Crippen LogP contribution in [0.25, 0.3) is 0 Å². The van der Waals surface area contributed by atoms with Crippen LogP contribution in [0.3, 0.4) is 0 Å². The molecule has 1 fully saturated rings. The van der Waals surface area contributed by atoms with Gasteiger partial charge >= 0.3 is 0 Å². The van der Waals surface area contributed by atoms with Gasteiger partial charge in [0.2, 0.25) is 0 Å². The Morgan fingerprint density at radius 3 is 2.82 bits per heavy atom. The highest BCUT2D eigenvalue weighted by molar-refractivity contribution is 7.99. The molecule has 0 aromatic heterocycles. The fourth-order valence-corrected chi connectivity index (χ4v) is 3.75. The van der Waals surface area contributed by atoms with Crippen molar-refractivity contribution >= 4 is 17.7 Å². The Balaban J connectivity index is 1.74. The van der Waals surface area contributed by atoms with Crippen molar-refractivity contribution in [1.82, 2.24) is 10.2 Å². The van der Waals surface area contributed by atoms with Crippen molar-refractivity contribution < 1.29 is 0 Å². The highest BCUT2D eigenvalue weighted by atomic mass is 32.2. The minimum absolute atomic E-state index is 0.735. The van der Waals surface area contributed by atoms with Crippen molar-refractivity contribution in [1.29, 1.82) is 0 Å².